The summed E-state index contributed by atoms with van der Waals surface area (Å²) >= 11 is 0. The minimum absolute atomic E-state index is 0.160. The van der Waals surface area contributed by atoms with Gasteiger partial charge in [0, 0.05) is 11.1 Å². The molecule has 0 aliphatic rings. The number of esters is 2. The largest absolute Gasteiger partial charge is 0.428 e. The lowest BCUT2D eigenvalue weighted by Gasteiger charge is -2.07. The van der Waals surface area contributed by atoms with E-state index in [1.807, 2.05) is 0 Å². The SMILES string of the molecule is C=C(C)C(=O)O/C(C)=C/C=C(\C)c1ccc(OC(=O)C(=C)C)c(F)c1. The fraction of sp³-hybridized carbons (Fsp3) is 0.200. The molecule has 0 spiro atoms. The van der Waals surface area contributed by atoms with E-state index >= 15 is 0 Å². The van der Waals surface area contributed by atoms with Crippen LogP contribution in [-0.4, -0.2) is 11.9 Å². The predicted molar refractivity (Wildman–Crippen MR) is 95.2 cm³/mol. The van der Waals surface area contributed by atoms with Gasteiger partial charge in [0.25, 0.3) is 0 Å². The van der Waals surface area contributed by atoms with Gasteiger partial charge in [0.15, 0.2) is 11.6 Å². The van der Waals surface area contributed by atoms with Crippen LogP contribution in [0.4, 0.5) is 4.39 Å². The first kappa shape index (κ1) is 20.1. The van der Waals surface area contributed by atoms with Crippen LogP contribution in [0.2, 0.25) is 0 Å². The maximum atomic E-state index is 14.1. The maximum Gasteiger partial charge on any atom is 0.338 e. The highest BCUT2D eigenvalue weighted by Gasteiger charge is 2.11. The Morgan fingerprint density at radius 2 is 1.60 bits per heavy atom. The molecule has 1 aromatic rings. The van der Waals surface area contributed by atoms with Gasteiger partial charge in [-0.1, -0.05) is 25.3 Å². The number of hydrogen-bond acceptors (Lipinski definition) is 4. The molecule has 1 aromatic carbocycles. The molecule has 5 heteroatoms. The molecule has 25 heavy (non-hydrogen) atoms. The molecule has 0 unspecified atom stereocenters. The van der Waals surface area contributed by atoms with E-state index in [4.69, 9.17) is 9.47 Å². The second-order valence-corrected chi connectivity index (χ2v) is 5.61. The van der Waals surface area contributed by atoms with Gasteiger partial charge in [0.1, 0.15) is 5.76 Å². The van der Waals surface area contributed by atoms with Crippen molar-refractivity contribution in [2.24, 2.45) is 0 Å². The van der Waals surface area contributed by atoms with E-state index in [9.17, 15) is 14.0 Å². The Labute approximate surface area is 146 Å². The molecule has 0 heterocycles. The summed E-state index contributed by atoms with van der Waals surface area (Å²) in [5.41, 5.74) is 1.82. The summed E-state index contributed by atoms with van der Waals surface area (Å²) in [7, 11) is 0. The third kappa shape index (κ3) is 6.22. The first-order valence-corrected chi connectivity index (χ1v) is 7.52. The van der Waals surface area contributed by atoms with Crippen LogP contribution >= 0.6 is 0 Å². The van der Waals surface area contributed by atoms with Gasteiger partial charge in [-0.15, -0.1) is 0 Å². The first-order chi connectivity index (χ1) is 11.6. The molecule has 0 saturated carbocycles. The molecule has 0 atom stereocenters. The Kier molecular flexibility index (Phi) is 7.06. The molecule has 0 fully saturated rings. The minimum Gasteiger partial charge on any atom is -0.428 e. The second kappa shape index (κ2) is 8.78. The zero-order chi connectivity index (χ0) is 19.1. The lowest BCUT2D eigenvalue weighted by atomic mass is 10.1. The molecule has 0 N–H and O–H groups in total. The zero-order valence-electron chi connectivity index (χ0n) is 14.8. The molecule has 0 saturated heterocycles. The van der Waals surface area contributed by atoms with E-state index in [1.54, 1.807) is 39.0 Å². The number of hydrogen-bond donors (Lipinski definition) is 0. The van der Waals surface area contributed by atoms with E-state index in [-0.39, 0.29) is 11.3 Å². The molecular formula is C20H21FO4. The highest BCUT2D eigenvalue weighted by Crippen LogP contribution is 2.23. The number of rotatable bonds is 6. The van der Waals surface area contributed by atoms with E-state index in [0.29, 0.717) is 16.9 Å². The lowest BCUT2D eigenvalue weighted by Crippen LogP contribution is -2.09. The fourth-order valence-electron chi connectivity index (χ4n) is 1.62. The van der Waals surface area contributed by atoms with Gasteiger partial charge in [-0.25, -0.2) is 14.0 Å². The first-order valence-electron chi connectivity index (χ1n) is 7.52. The van der Waals surface area contributed by atoms with Crippen molar-refractivity contribution in [2.45, 2.75) is 27.7 Å². The highest BCUT2D eigenvalue weighted by molar-refractivity contribution is 5.89. The van der Waals surface area contributed by atoms with Crippen molar-refractivity contribution in [2.75, 3.05) is 0 Å². The van der Waals surface area contributed by atoms with Crippen LogP contribution in [-0.2, 0) is 14.3 Å². The number of allylic oxidation sites excluding steroid dienone is 4. The fourth-order valence-corrected chi connectivity index (χ4v) is 1.62. The molecule has 0 aliphatic carbocycles. The number of carbonyl (C=O) groups excluding carboxylic acids is 2. The van der Waals surface area contributed by atoms with Gasteiger partial charge in [0.05, 0.1) is 0 Å². The van der Waals surface area contributed by atoms with Gasteiger partial charge < -0.3 is 9.47 Å². The quantitative estimate of drug-likeness (QED) is 0.246. The van der Waals surface area contributed by atoms with Gasteiger partial charge in [-0.3, -0.25) is 0 Å². The van der Waals surface area contributed by atoms with Crippen molar-refractivity contribution in [1.82, 2.24) is 0 Å². The van der Waals surface area contributed by atoms with Crippen LogP contribution in [0.15, 0.2) is 60.4 Å². The van der Waals surface area contributed by atoms with Crippen LogP contribution in [0.3, 0.4) is 0 Å². The van der Waals surface area contributed by atoms with Crippen LogP contribution < -0.4 is 4.74 Å². The molecule has 0 radical (unpaired) electrons. The van der Waals surface area contributed by atoms with Crippen molar-refractivity contribution in [3.05, 3.63) is 71.8 Å². The van der Waals surface area contributed by atoms with Gasteiger partial charge in [-0.2, -0.15) is 0 Å². The van der Waals surface area contributed by atoms with Crippen LogP contribution in [0, 0.1) is 5.82 Å². The summed E-state index contributed by atoms with van der Waals surface area (Å²) in [6, 6.07) is 4.26. The molecule has 1 rings (SSSR count). The smallest absolute Gasteiger partial charge is 0.338 e. The van der Waals surface area contributed by atoms with Crippen LogP contribution in [0.5, 0.6) is 5.75 Å². The van der Waals surface area contributed by atoms with Crippen molar-refractivity contribution >= 4 is 17.5 Å². The molecule has 0 bridgehead atoms. The summed E-state index contributed by atoms with van der Waals surface area (Å²) in [4.78, 5) is 22.8. The third-order valence-corrected chi connectivity index (χ3v) is 3.11. The van der Waals surface area contributed by atoms with E-state index in [0.717, 1.165) is 5.57 Å². The number of halogens is 1. The van der Waals surface area contributed by atoms with Crippen molar-refractivity contribution < 1.29 is 23.5 Å². The Morgan fingerprint density at radius 3 is 2.12 bits per heavy atom. The molecular weight excluding hydrogens is 323 g/mol. The summed E-state index contributed by atoms with van der Waals surface area (Å²) in [5, 5.41) is 0. The van der Waals surface area contributed by atoms with E-state index < -0.39 is 17.8 Å². The number of ether oxygens (including phenoxy) is 2. The highest BCUT2D eigenvalue weighted by atomic mass is 19.1. The Bertz CT molecular complexity index is 785. The van der Waals surface area contributed by atoms with Gasteiger partial charge in [-0.05, 0) is 57.0 Å². The van der Waals surface area contributed by atoms with Crippen LogP contribution in [0.25, 0.3) is 5.57 Å². The number of benzene rings is 1. The molecule has 0 amide bonds. The monoisotopic (exact) mass is 344 g/mol. The lowest BCUT2D eigenvalue weighted by molar-refractivity contribution is -0.135. The maximum absolute atomic E-state index is 14.1. The summed E-state index contributed by atoms with van der Waals surface area (Å²) in [5.74, 6) is -1.62. The van der Waals surface area contributed by atoms with Crippen molar-refractivity contribution in [1.29, 1.82) is 0 Å². The van der Waals surface area contributed by atoms with E-state index in [1.165, 1.54) is 19.1 Å². The average Bonchev–Trinajstić information content (AvgIpc) is 2.53. The Hall–Kier alpha value is -2.95. The molecule has 4 nitrogen and oxygen atoms in total. The summed E-state index contributed by atoms with van der Waals surface area (Å²) in [6.07, 6.45) is 3.29. The number of carbonyl (C=O) groups is 2. The minimum atomic E-state index is -0.684. The van der Waals surface area contributed by atoms with Crippen molar-refractivity contribution in [3.8, 4) is 5.75 Å². The van der Waals surface area contributed by atoms with Crippen molar-refractivity contribution in [3.63, 3.8) is 0 Å². The van der Waals surface area contributed by atoms with Gasteiger partial charge in [0.2, 0.25) is 0 Å². The molecule has 132 valence electrons. The molecule has 0 aliphatic heterocycles. The summed E-state index contributed by atoms with van der Waals surface area (Å²) in [6.45, 7) is 13.4. The van der Waals surface area contributed by atoms with E-state index in [2.05, 4.69) is 13.2 Å². The third-order valence-electron chi connectivity index (χ3n) is 3.11. The Balaban J connectivity index is 2.91. The summed E-state index contributed by atoms with van der Waals surface area (Å²) < 4.78 is 24.0. The normalized spacial score (nSPS) is 11.7. The Morgan fingerprint density at radius 1 is 1.00 bits per heavy atom. The zero-order valence-corrected chi connectivity index (χ0v) is 14.8. The standard InChI is InChI=1S/C20H21FO4/c1-12(2)19(22)24-15(6)8-7-14(5)16-9-10-18(17(21)11-16)25-20(23)13(3)4/h7-11H,1,3H2,2,4-6H3/b14-7+,15-8+. The topological polar surface area (TPSA) is 52.6 Å². The predicted octanol–water partition coefficient (Wildman–Crippen LogP) is 4.73. The second-order valence-electron chi connectivity index (χ2n) is 5.61. The van der Waals surface area contributed by atoms with Crippen LogP contribution in [0.1, 0.15) is 33.3 Å². The molecule has 0 aromatic heterocycles. The van der Waals surface area contributed by atoms with Gasteiger partial charge >= 0.3 is 11.9 Å². The average molecular weight is 344 g/mol.